The van der Waals surface area contributed by atoms with E-state index in [-0.39, 0.29) is 18.1 Å². The molecule has 5 rings (SSSR count). The van der Waals surface area contributed by atoms with E-state index >= 15 is 0 Å². The minimum atomic E-state index is -0.398. The fourth-order valence-corrected chi connectivity index (χ4v) is 5.57. The zero-order valence-corrected chi connectivity index (χ0v) is 23.3. The average molecular weight is 550 g/mol. The summed E-state index contributed by atoms with van der Waals surface area (Å²) in [6.45, 7) is 4.53. The van der Waals surface area contributed by atoms with Gasteiger partial charge in [-0.3, -0.25) is 0 Å². The van der Waals surface area contributed by atoms with Crippen LogP contribution in [0.15, 0.2) is 36.9 Å². The summed E-state index contributed by atoms with van der Waals surface area (Å²) in [4.78, 5) is 29.2. The number of ether oxygens (including phenoxy) is 1. The number of aromatic nitrogens is 5. The van der Waals surface area contributed by atoms with E-state index in [9.17, 15) is 9.18 Å². The molecule has 2 amide bonds. The number of rotatable bonds is 13. The number of amides is 2. The number of H-pyrrole nitrogens is 1. The van der Waals surface area contributed by atoms with Crippen molar-refractivity contribution in [2.24, 2.45) is 0 Å². The number of halogens is 1. The van der Waals surface area contributed by atoms with Crippen molar-refractivity contribution < 1.29 is 13.9 Å². The van der Waals surface area contributed by atoms with Crippen LogP contribution in [0.3, 0.4) is 0 Å². The van der Waals surface area contributed by atoms with Gasteiger partial charge < -0.3 is 24.9 Å². The van der Waals surface area contributed by atoms with Gasteiger partial charge in [-0.05, 0) is 63.5 Å². The summed E-state index contributed by atoms with van der Waals surface area (Å²) < 4.78 is 21.7. The number of nitrogens with one attached hydrogen (secondary N) is 3. The lowest BCUT2D eigenvalue weighted by Gasteiger charge is -2.31. The second-order valence-electron chi connectivity index (χ2n) is 10.7. The Morgan fingerprint density at radius 3 is 2.90 bits per heavy atom. The molecular formula is C30H40FN7O2. The molecule has 0 radical (unpaired) electrons. The summed E-state index contributed by atoms with van der Waals surface area (Å²) in [6.07, 6.45) is 17.3. The second-order valence-corrected chi connectivity index (χ2v) is 10.7. The van der Waals surface area contributed by atoms with Crippen LogP contribution < -0.4 is 10.6 Å². The van der Waals surface area contributed by atoms with Gasteiger partial charge in [0, 0.05) is 66.8 Å². The Morgan fingerprint density at radius 1 is 1.15 bits per heavy atom. The highest BCUT2D eigenvalue weighted by atomic mass is 19.1. The molecule has 10 heteroatoms. The van der Waals surface area contributed by atoms with E-state index in [2.05, 4.69) is 43.3 Å². The normalized spacial score (nSPS) is 17.4. The molecule has 0 spiro atoms. The van der Waals surface area contributed by atoms with Crippen molar-refractivity contribution in [2.45, 2.75) is 83.2 Å². The summed E-state index contributed by atoms with van der Waals surface area (Å²) in [6, 6.07) is 3.71. The standard InChI is InChI=1S/C30H40FN7O2/c1-2-3-6-14-40-15-7-4-5-12-32-30(39)36-23-9-8-10-24(17-23)38-13-11-21-18-33-28(37-29(21)38)26-20-35-27-25(26)16-22(31)19-34-27/h11,13,16,18-20,23-24H,2-10,12,14-15,17H2,1H3,(H,34,35)(H2,32,36,39)/t23-,24+/m0/s1. The van der Waals surface area contributed by atoms with Crippen LogP contribution in [0.4, 0.5) is 9.18 Å². The van der Waals surface area contributed by atoms with E-state index in [4.69, 9.17) is 9.72 Å². The Labute approximate surface area is 234 Å². The molecule has 0 bridgehead atoms. The van der Waals surface area contributed by atoms with E-state index in [1.807, 2.05) is 12.3 Å². The van der Waals surface area contributed by atoms with Crippen molar-refractivity contribution in [1.82, 2.24) is 35.1 Å². The maximum absolute atomic E-state index is 13.9. The molecule has 4 heterocycles. The van der Waals surface area contributed by atoms with Crippen LogP contribution in [-0.4, -0.2) is 56.3 Å². The maximum Gasteiger partial charge on any atom is 0.315 e. The van der Waals surface area contributed by atoms with Crippen molar-refractivity contribution in [3.63, 3.8) is 0 Å². The van der Waals surface area contributed by atoms with E-state index < -0.39 is 5.82 Å². The van der Waals surface area contributed by atoms with Gasteiger partial charge in [-0.1, -0.05) is 19.8 Å². The number of unbranched alkanes of at least 4 members (excludes halogenated alkanes) is 4. The van der Waals surface area contributed by atoms with Crippen LogP contribution in [0, 0.1) is 5.82 Å². The van der Waals surface area contributed by atoms with Crippen molar-refractivity contribution in [2.75, 3.05) is 19.8 Å². The van der Waals surface area contributed by atoms with Gasteiger partial charge in [-0.15, -0.1) is 0 Å². The van der Waals surface area contributed by atoms with E-state index in [1.54, 1.807) is 6.20 Å². The molecule has 1 fully saturated rings. The smallest absolute Gasteiger partial charge is 0.315 e. The predicted molar refractivity (Wildman–Crippen MR) is 155 cm³/mol. The Kier molecular flexibility index (Phi) is 9.59. The fourth-order valence-electron chi connectivity index (χ4n) is 5.57. The zero-order valence-electron chi connectivity index (χ0n) is 23.3. The highest BCUT2D eigenvalue weighted by molar-refractivity contribution is 5.92. The molecule has 1 saturated carbocycles. The third-order valence-corrected chi connectivity index (χ3v) is 7.71. The average Bonchev–Trinajstić information content (AvgIpc) is 3.58. The number of aromatic amines is 1. The molecule has 4 aromatic rings. The topological polar surface area (TPSA) is 110 Å². The highest BCUT2D eigenvalue weighted by Crippen LogP contribution is 2.33. The van der Waals surface area contributed by atoms with Gasteiger partial charge in [0.2, 0.25) is 0 Å². The lowest BCUT2D eigenvalue weighted by molar-refractivity contribution is 0.126. The Hall–Kier alpha value is -3.53. The molecule has 3 N–H and O–H groups in total. The van der Waals surface area contributed by atoms with Crippen LogP contribution in [0.1, 0.15) is 77.2 Å². The van der Waals surface area contributed by atoms with Crippen LogP contribution in [0.25, 0.3) is 33.5 Å². The third kappa shape index (κ3) is 6.96. The lowest BCUT2D eigenvalue weighted by Crippen LogP contribution is -2.44. The number of carbonyl (C=O) groups excluding carboxylic acids is 1. The highest BCUT2D eigenvalue weighted by Gasteiger charge is 2.26. The fraction of sp³-hybridized carbons (Fsp3) is 0.533. The van der Waals surface area contributed by atoms with Crippen LogP contribution in [0.5, 0.6) is 0 Å². The first-order valence-corrected chi connectivity index (χ1v) is 14.7. The monoisotopic (exact) mass is 549 g/mol. The van der Waals surface area contributed by atoms with Crippen molar-refractivity contribution in [1.29, 1.82) is 0 Å². The maximum atomic E-state index is 13.9. The number of carbonyl (C=O) groups is 1. The molecule has 0 aromatic carbocycles. The Balaban J connectivity index is 1.13. The number of urea groups is 1. The summed E-state index contributed by atoms with van der Waals surface area (Å²) in [5.41, 5.74) is 2.16. The van der Waals surface area contributed by atoms with Gasteiger partial charge in [-0.25, -0.2) is 24.1 Å². The van der Waals surface area contributed by atoms with Gasteiger partial charge in [0.05, 0.1) is 6.20 Å². The van der Waals surface area contributed by atoms with E-state index in [0.29, 0.717) is 23.4 Å². The molecule has 4 aromatic heterocycles. The Bertz CT molecular complexity index is 1400. The van der Waals surface area contributed by atoms with Crippen LogP contribution in [0.2, 0.25) is 0 Å². The first-order chi connectivity index (χ1) is 19.6. The summed E-state index contributed by atoms with van der Waals surface area (Å²) in [5, 5.41) is 7.80. The SMILES string of the molecule is CCCCCOCCCCCNC(=O)N[C@H]1CCC[C@@H](n2ccc3cnc(-c4c[nH]c5ncc(F)cc45)nc32)C1. The predicted octanol–water partition coefficient (Wildman–Crippen LogP) is 6.27. The first kappa shape index (κ1) is 28.0. The summed E-state index contributed by atoms with van der Waals surface area (Å²) in [7, 11) is 0. The van der Waals surface area contributed by atoms with Crippen LogP contribution in [-0.2, 0) is 4.74 Å². The minimum Gasteiger partial charge on any atom is -0.381 e. The number of pyridine rings is 1. The molecule has 0 unspecified atom stereocenters. The van der Waals surface area contributed by atoms with Crippen LogP contribution >= 0.6 is 0 Å². The lowest BCUT2D eigenvalue weighted by atomic mass is 9.91. The van der Waals surface area contributed by atoms with Crippen molar-refractivity contribution in [3.05, 3.63) is 42.7 Å². The first-order valence-electron chi connectivity index (χ1n) is 14.7. The van der Waals surface area contributed by atoms with Gasteiger partial charge in [0.1, 0.15) is 17.1 Å². The van der Waals surface area contributed by atoms with Gasteiger partial charge in [-0.2, -0.15) is 0 Å². The molecule has 0 saturated heterocycles. The number of hydrogen-bond acceptors (Lipinski definition) is 5. The molecule has 0 aliphatic heterocycles. The van der Waals surface area contributed by atoms with E-state index in [0.717, 1.165) is 81.2 Å². The zero-order chi connectivity index (χ0) is 27.7. The number of hydrogen-bond donors (Lipinski definition) is 3. The summed E-state index contributed by atoms with van der Waals surface area (Å²) in [5.74, 6) is 0.129. The molecule has 2 atom stereocenters. The molecule has 1 aliphatic carbocycles. The number of fused-ring (bicyclic) bond motifs is 2. The van der Waals surface area contributed by atoms with Gasteiger partial charge in [0.25, 0.3) is 0 Å². The van der Waals surface area contributed by atoms with Crippen molar-refractivity contribution in [3.8, 4) is 11.4 Å². The largest absolute Gasteiger partial charge is 0.381 e. The molecule has 9 nitrogen and oxygen atoms in total. The molecular weight excluding hydrogens is 509 g/mol. The number of nitrogens with zero attached hydrogens (tertiary/aromatic N) is 4. The molecule has 214 valence electrons. The summed E-state index contributed by atoms with van der Waals surface area (Å²) >= 11 is 0. The molecule has 40 heavy (non-hydrogen) atoms. The quantitative estimate of drug-likeness (QED) is 0.170. The third-order valence-electron chi connectivity index (χ3n) is 7.71. The Morgan fingerprint density at radius 2 is 2.02 bits per heavy atom. The van der Waals surface area contributed by atoms with Crippen molar-refractivity contribution >= 4 is 28.1 Å². The second kappa shape index (κ2) is 13.7. The minimum absolute atomic E-state index is 0.0939. The van der Waals surface area contributed by atoms with E-state index in [1.165, 1.54) is 25.1 Å². The van der Waals surface area contributed by atoms with Gasteiger partial charge in [0.15, 0.2) is 5.82 Å². The van der Waals surface area contributed by atoms with Gasteiger partial charge >= 0.3 is 6.03 Å². The molecule has 1 aliphatic rings.